The lowest BCUT2D eigenvalue weighted by atomic mass is 10.1. The Morgan fingerprint density at radius 2 is 1.67 bits per heavy atom. The van der Waals surface area contributed by atoms with Crippen molar-refractivity contribution in [2.24, 2.45) is 0 Å². The minimum atomic E-state index is 0.716. The summed E-state index contributed by atoms with van der Waals surface area (Å²) in [6, 6.07) is 26.1. The fraction of sp³-hybridized carbons (Fsp3) is 0.0870. The summed E-state index contributed by atoms with van der Waals surface area (Å²) >= 11 is 5.98. The van der Waals surface area contributed by atoms with E-state index in [0.717, 1.165) is 38.6 Å². The molecule has 0 amide bonds. The maximum atomic E-state index is 5.98. The van der Waals surface area contributed by atoms with Crippen LogP contribution in [0.5, 0.6) is 5.75 Å². The first-order valence-electron chi connectivity index (χ1n) is 8.75. The molecule has 4 rings (SSSR count). The molecule has 27 heavy (non-hydrogen) atoms. The average Bonchev–Trinajstić information content (AvgIpc) is 2.73. The maximum Gasteiger partial charge on any atom is 0.118 e. The lowest BCUT2D eigenvalue weighted by molar-refractivity contribution is 0.415. The van der Waals surface area contributed by atoms with Gasteiger partial charge >= 0.3 is 0 Å². The molecule has 0 bridgehead atoms. The van der Waals surface area contributed by atoms with Crippen LogP contribution in [0, 0.1) is 0 Å². The molecule has 3 aromatic carbocycles. The summed E-state index contributed by atoms with van der Waals surface area (Å²) in [5.41, 5.74) is 5.17. The number of para-hydroxylation sites is 1. The molecule has 0 aliphatic heterocycles. The smallest absolute Gasteiger partial charge is 0.118 e. The van der Waals surface area contributed by atoms with Crippen LogP contribution in [0.1, 0.15) is 5.56 Å². The van der Waals surface area contributed by atoms with Gasteiger partial charge in [-0.2, -0.15) is 0 Å². The predicted molar refractivity (Wildman–Crippen MR) is 113 cm³/mol. The minimum Gasteiger partial charge on any atom is -0.497 e. The number of pyridine rings is 1. The molecule has 0 radical (unpaired) electrons. The van der Waals surface area contributed by atoms with Crippen LogP contribution in [0.15, 0.2) is 78.9 Å². The van der Waals surface area contributed by atoms with Crippen LogP contribution in [0.3, 0.4) is 0 Å². The largest absolute Gasteiger partial charge is 0.497 e. The van der Waals surface area contributed by atoms with Gasteiger partial charge in [-0.25, -0.2) is 4.98 Å². The van der Waals surface area contributed by atoms with E-state index in [-0.39, 0.29) is 0 Å². The van der Waals surface area contributed by atoms with Crippen molar-refractivity contribution >= 4 is 28.2 Å². The molecule has 1 aromatic heterocycles. The number of hydrogen-bond acceptors (Lipinski definition) is 3. The van der Waals surface area contributed by atoms with E-state index in [0.29, 0.717) is 6.54 Å². The van der Waals surface area contributed by atoms with Crippen LogP contribution in [-0.2, 0) is 6.54 Å². The van der Waals surface area contributed by atoms with Crippen molar-refractivity contribution in [2.45, 2.75) is 6.54 Å². The molecule has 0 atom stereocenters. The van der Waals surface area contributed by atoms with E-state index in [1.165, 1.54) is 5.56 Å². The molecule has 0 saturated carbocycles. The van der Waals surface area contributed by atoms with Gasteiger partial charge in [-0.15, -0.1) is 0 Å². The second kappa shape index (κ2) is 7.68. The number of nitrogens with zero attached hydrogens (tertiary/aromatic N) is 1. The Morgan fingerprint density at radius 1 is 0.926 bits per heavy atom. The van der Waals surface area contributed by atoms with Gasteiger partial charge in [-0.05, 0) is 54.1 Å². The van der Waals surface area contributed by atoms with Crippen molar-refractivity contribution in [3.63, 3.8) is 0 Å². The zero-order valence-corrected chi connectivity index (χ0v) is 15.7. The van der Waals surface area contributed by atoms with E-state index < -0.39 is 0 Å². The first-order valence-corrected chi connectivity index (χ1v) is 9.13. The number of benzene rings is 3. The van der Waals surface area contributed by atoms with E-state index in [1.54, 1.807) is 7.11 Å². The number of ether oxygens (including phenoxy) is 1. The molecule has 0 unspecified atom stereocenters. The Balaban J connectivity index is 1.70. The van der Waals surface area contributed by atoms with Gasteiger partial charge in [0.15, 0.2) is 0 Å². The number of hydrogen-bond donors (Lipinski definition) is 1. The minimum absolute atomic E-state index is 0.716. The number of fused-ring (bicyclic) bond motifs is 1. The Bertz CT molecular complexity index is 1060. The summed E-state index contributed by atoms with van der Waals surface area (Å²) in [5, 5.41) is 5.39. The van der Waals surface area contributed by atoms with Crippen LogP contribution >= 0.6 is 11.6 Å². The molecule has 1 N–H and O–H groups in total. The fourth-order valence-electron chi connectivity index (χ4n) is 3.03. The van der Waals surface area contributed by atoms with E-state index >= 15 is 0 Å². The molecule has 0 fully saturated rings. The number of rotatable bonds is 5. The van der Waals surface area contributed by atoms with Crippen LogP contribution < -0.4 is 10.1 Å². The molecule has 1 heterocycles. The molecular weight excluding hydrogens is 356 g/mol. The van der Waals surface area contributed by atoms with Crippen LogP contribution in [0.4, 0.5) is 5.69 Å². The summed E-state index contributed by atoms with van der Waals surface area (Å²) in [6.07, 6.45) is 0. The van der Waals surface area contributed by atoms with Crippen molar-refractivity contribution < 1.29 is 4.74 Å². The van der Waals surface area contributed by atoms with Crippen molar-refractivity contribution in [3.8, 4) is 17.0 Å². The van der Waals surface area contributed by atoms with Crippen molar-refractivity contribution in [1.82, 2.24) is 4.98 Å². The SMILES string of the molecule is COc1ccc(-c2cc(NCc3ccc(Cl)cc3)c3ccccc3n2)cc1. The van der Waals surface area contributed by atoms with Gasteiger partial charge in [0.25, 0.3) is 0 Å². The molecular formula is C23H19ClN2O. The third kappa shape index (κ3) is 3.88. The maximum absolute atomic E-state index is 5.98. The highest BCUT2D eigenvalue weighted by Gasteiger charge is 2.08. The lowest BCUT2D eigenvalue weighted by Gasteiger charge is -2.13. The number of aromatic nitrogens is 1. The van der Waals surface area contributed by atoms with Gasteiger partial charge in [0.1, 0.15) is 5.75 Å². The number of methoxy groups -OCH3 is 1. The molecule has 0 aliphatic rings. The van der Waals surface area contributed by atoms with Gasteiger partial charge in [0.2, 0.25) is 0 Å². The number of nitrogens with one attached hydrogen (secondary N) is 1. The van der Waals surface area contributed by atoms with Gasteiger partial charge in [-0.3, -0.25) is 0 Å². The summed E-state index contributed by atoms with van der Waals surface area (Å²) in [6.45, 7) is 0.716. The van der Waals surface area contributed by atoms with Crippen molar-refractivity contribution in [3.05, 3.63) is 89.4 Å². The molecule has 0 saturated heterocycles. The van der Waals surface area contributed by atoms with Gasteiger partial charge in [-0.1, -0.05) is 41.9 Å². The highest BCUT2D eigenvalue weighted by atomic mass is 35.5. The highest BCUT2D eigenvalue weighted by Crippen LogP contribution is 2.29. The summed E-state index contributed by atoms with van der Waals surface area (Å²) in [7, 11) is 1.67. The summed E-state index contributed by atoms with van der Waals surface area (Å²) < 4.78 is 5.25. The molecule has 0 spiro atoms. The average molecular weight is 375 g/mol. The predicted octanol–water partition coefficient (Wildman–Crippen LogP) is 6.18. The third-order valence-corrected chi connectivity index (χ3v) is 4.75. The quantitative estimate of drug-likeness (QED) is 0.453. The van der Waals surface area contributed by atoms with E-state index in [1.807, 2.05) is 66.7 Å². The Morgan fingerprint density at radius 3 is 2.41 bits per heavy atom. The van der Waals surface area contributed by atoms with E-state index in [9.17, 15) is 0 Å². The van der Waals surface area contributed by atoms with Gasteiger partial charge in [0, 0.05) is 28.2 Å². The second-order valence-electron chi connectivity index (χ2n) is 6.28. The Hall–Kier alpha value is -3.04. The summed E-state index contributed by atoms with van der Waals surface area (Å²) in [4.78, 5) is 4.83. The van der Waals surface area contributed by atoms with E-state index in [4.69, 9.17) is 21.3 Å². The molecule has 4 aromatic rings. The normalized spacial score (nSPS) is 10.7. The van der Waals surface area contributed by atoms with Crippen molar-refractivity contribution in [2.75, 3.05) is 12.4 Å². The summed E-state index contributed by atoms with van der Waals surface area (Å²) in [5.74, 6) is 0.834. The van der Waals surface area contributed by atoms with E-state index in [2.05, 4.69) is 17.4 Å². The second-order valence-corrected chi connectivity index (χ2v) is 6.72. The fourth-order valence-corrected chi connectivity index (χ4v) is 3.16. The van der Waals surface area contributed by atoms with Gasteiger partial charge < -0.3 is 10.1 Å². The first-order chi connectivity index (χ1) is 13.2. The molecule has 0 aliphatic carbocycles. The van der Waals surface area contributed by atoms with Crippen molar-refractivity contribution in [1.29, 1.82) is 0 Å². The lowest BCUT2D eigenvalue weighted by Crippen LogP contribution is -2.01. The topological polar surface area (TPSA) is 34.1 Å². The molecule has 4 heteroatoms. The number of anilines is 1. The first kappa shape index (κ1) is 17.4. The van der Waals surface area contributed by atoms with Gasteiger partial charge in [0.05, 0.1) is 18.3 Å². The Kier molecular flexibility index (Phi) is 4.95. The van der Waals surface area contributed by atoms with Crippen LogP contribution in [0.25, 0.3) is 22.2 Å². The third-order valence-electron chi connectivity index (χ3n) is 4.50. The van der Waals surface area contributed by atoms with Crippen LogP contribution in [0.2, 0.25) is 5.02 Å². The zero-order valence-electron chi connectivity index (χ0n) is 14.9. The zero-order chi connectivity index (χ0) is 18.6. The standard InChI is InChI=1S/C23H19ClN2O/c1-27-19-12-8-17(9-13-19)22-14-23(20-4-2-3-5-21(20)26-22)25-15-16-6-10-18(24)11-7-16/h2-14H,15H2,1H3,(H,25,26). The molecule has 3 nitrogen and oxygen atoms in total. The van der Waals surface area contributed by atoms with Crippen LogP contribution in [-0.4, -0.2) is 12.1 Å². The number of halogens is 1. The monoisotopic (exact) mass is 374 g/mol. The Labute approximate surface area is 163 Å². The highest BCUT2D eigenvalue weighted by molar-refractivity contribution is 6.30. The molecule has 134 valence electrons.